The van der Waals surface area contributed by atoms with Gasteiger partial charge in [0.1, 0.15) is 0 Å². The van der Waals surface area contributed by atoms with Crippen molar-refractivity contribution in [3.63, 3.8) is 0 Å². The minimum atomic E-state index is 0.0853. The summed E-state index contributed by atoms with van der Waals surface area (Å²) in [5.41, 5.74) is 1.14. The second-order valence-corrected chi connectivity index (χ2v) is 6.54. The molecule has 1 aromatic carbocycles. The lowest BCUT2D eigenvalue weighted by Crippen LogP contribution is -2.44. The van der Waals surface area contributed by atoms with E-state index >= 15 is 0 Å². The molecule has 3 rings (SSSR count). The largest absolute Gasteiger partial charge is 0.454 e. The van der Waals surface area contributed by atoms with Gasteiger partial charge in [0.25, 0.3) is 0 Å². The molecule has 2 aliphatic heterocycles. The fourth-order valence-corrected chi connectivity index (χ4v) is 3.47. The molecule has 0 aromatic heterocycles. The molecule has 1 atom stereocenters. The molecular formula is C19H28N2O4. The average molecular weight is 348 g/mol. The number of nitrogens with zero attached hydrogens (tertiary/aromatic N) is 1. The highest BCUT2D eigenvalue weighted by atomic mass is 16.7. The van der Waals surface area contributed by atoms with Crippen molar-refractivity contribution < 1.29 is 19.0 Å². The van der Waals surface area contributed by atoms with E-state index in [0.29, 0.717) is 6.54 Å². The molecule has 0 spiro atoms. The summed E-state index contributed by atoms with van der Waals surface area (Å²) in [7, 11) is 0. The first-order valence-electron chi connectivity index (χ1n) is 9.22. The number of amides is 1. The van der Waals surface area contributed by atoms with E-state index in [4.69, 9.17) is 14.2 Å². The van der Waals surface area contributed by atoms with Gasteiger partial charge in [0.05, 0.1) is 19.3 Å². The van der Waals surface area contributed by atoms with Crippen LogP contribution in [0.4, 0.5) is 0 Å². The molecule has 1 unspecified atom stereocenters. The SMILES string of the molecule is CCC(CC)C(=O)NCC(c1ccc2c(c1)OCO2)N1CCOCC1. The number of morpholine rings is 1. The van der Waals surface area contributed by atoms with Crippen molar-refractivity contribution in [3.05, 3.63) is 23.8 Å². The van der Waals surface area contributed by atoms with E-state index in [-0.39, 0.29) is 24.7 Å². The summed E-state index contributed by atoms with van der Waals surface area (Å²) in [5, 5.41) is 3.15. The first-order valence-corrected chi connectivity index (χ1v) is 9.22. The molecule has 1 saturated heterocycles. The molecule has 138 valence electrons. The molecule has 6 heteroatoms. The van der Waals surface area contributed by atoms with Gasteiger partial charge in [0, 0.05) is 25.6 Å². The molecule has 2 aliphatic rings. The number of nitrogens with one attached hydrogen (secondary N) is 1. The highest BCUT2D eigenvalue weighted by Crippen LogP contribution is 2.35. The van der Waals surface area contributed by atoms with Crippen LogP contribution in [-0.2, 0) is 9.53 Å². The zero-order valence-electron chi connectivity index (χ0n) is 15.1. The van der Waals surface area contributed by atoms with Crippen molar-refractivity contribution in [1.82, 2.24) is 10.2 Å². The number of ether oxygens (including phenoxy) is 3. The zero-order chi connectivity index (χ0) is 17.6. The smallest absolute Gasteiger partial charge is 0.231 e. The molecule has 0 saturated carbocycles. The maximum Gasteiger partial charge on any atom is 0.231 e. The van der Waals surface area contributed by atoms with Crippen LogP contribution in [0.2, 0.25) is 0 Å². The highest BCUT2D eigenvalue weighted by molar-refractivity contribution is 5.78. The Kier molecular flexibility index (Phi) is 6.15. The summed E-state index contributed by atoms with van der Waals surface area (Å²) in [6.07, 6.45) is 1.74. The van der Waals surface area contributed by atoms with Crippen molar-refractivity contribution in [2.24, 2.45) is 5.92 Å². The van der Waals surface area contributed by atoms with Gasteiger partial charge >= 0.3 is 0 Å². The summed E-state index contributed by atoms with van der Waals surface area (Å²) in [6, 6.07) is 6.16. The second kappa shape index (κ2) is 8.54. The molecule has 1 N–H and O–H groups in total. The highest BCUT2D eigenvalue weighted by Gasteiger charge is 2.26. The number of rotatable bonds is 7. The second-order valence-electron chi connectivity index (χ2n) is 6.54. The van der Waals surface area contributed by atoms with Gasteiger partial charge in [-0.3, -0.25) is 9.69 Å². The Bertz CT molecular complexity index is 583. The summed E-state index contributed by atoms with van der Waals surface area (Å²) in [4.78, 5) is 14.8. The Hall–Kier alpha value is -1.79. The number of carbonyl (C=O) groups excluding carboxylic acids is 1. The van der Waals surface area contributed by atoms with Crippen LogP contribution in [0.15, 0.2) is 18.2 Å². The van der Waals surface area contributed by atoms with Crippen LogP contribution in [0, 0.1) is 5.92 Å². The van der Waals surface area contributed by atoms with Crippen LogP contribution >= 0.6 is 0 Å². The van der Waals surface area contributed by atoms with Gasteiger partial charge in [-0.1, -0.05) is 19.9 Å². The van der Waals surface area contributed by atoms with Crippen LogP contribution in [-0.4, -0.2) is 50.4 Å². The molecule has 0 aliphatic carbocycles. The van der Waals surface area contributed by atoms with E-state index in [1.165, 1.54) is 0 Å². The molecule has 1 fully saturated rings. The Morgan fingerprint density at radius 3 is 2.60 bits per heavy atom. The lowest BCUT2D eigenvalue weighted by molar-refractivity contribution is -0.125. The number of benzene rings is 1. The molecule has 25 heavy (non-hydrogen) atoms. The third kappa shape index (κ3) is 4.25. The Labute approximate surface area is 149 Å². The zero-order valence-corrected chi connectivity index (χ0v) is 15.1. The van der Waals surface area contributed by atoms with Crippen LogP contribution in [0.5, 0.6) is 11.5 Å². The molecule has 0 radical (unpaired) electrons. The summed E-state index contributed by atoms with van der Waals surface area (Å²) < 4.78 is 16.4. The number of hydrogen-bond donors (Lipinski definition) is 1. The van der Waals surface area contributed by atoms with Crippen LogP contribution in [0.25, 0.3) is 0 Å². The monoisotopic (exact) mass is 348 g/mol. The number of fused-ring (bicyclic) bond motifs is 1. The summed E-state index contributed by atoms with van der Waals surface area (Å²) in [6.45, 7) is 8.15. The fourth-order valence-electron chi connectivity index (χ4n) is 3.47. The lowest BCUT2D eigenvalue weighted by Gasteiger charge is -2.35. The first kappa shape index (κ1) is 18.0. The van der Waals surface area contributed by atoms with Crippen LogP contribution in [0.1, 0.15) is 38.3 Å². The van der Waals surface area contributed by atoms with E-state index in [0.717, 1.165) is 56.2 Å². The van der Waals surface area contributed by atoms with Gasteiger partial charge in [-0.2, -0.15) is 0 Å². The topological polar surface area (TPSA) is 60.0 Å². The normalized spacial score (nSPS) is 18.4. The van der Waals surface area contributed by atoms with Gasteiger partial charge in [0.15, 0.2) is 11.5 Å². The predicted octanol–water partition coefficient (Wildman–Crippen LogP) is 2.34. The molecular weight excluding hydrogens is 320 g/mol. The minimum absolute atomic E-state index is 0.0853. The third-order valence-electron chi connectivity index (χ3n) is 5.09. The van der Waals surface area contributed by atoms with Crippen molar-refractivity contribution in [2.75, 3.05) is 39.6 Å². The number of carbonyl (C=O) groups is 1. The maximum absolute atomic E-state index is 12.4. The standard InChI is InChI=1S/C19H28N2O4/c1-3-14(4-2)19(22)20-12-16(21-7-9-23-10-8-21)15-5-6-17-18(11-15)25-13-24-17/h5-6,11,14,16H,3-4,7-10,12-13H2,1-2H3,(H,20,22). The van der Waals surface area contributed by atoms with E-state index in [2.05, 4.69) is 30.1 Å². The molecule has 1 aromatic rings. The minimum Gasteiger partial charge on any atom is -0.454 e. The fraction of sp³-hybridized carbons (Fsp3) is 0.632. The van der Waals surface area contributed by atoms with Crippen molar-refractivity contribution in [3.8, 4) is 11.5 Å². The van der Waals surface area contributed by atoms with Gasteiger partial charge in [-0.15, -0.1) is 0 Å². The summed E-state index contributed by atoms with van der Waals surface area (Å²) >= 11 is 0. The maximum atomic E-state index is 12.4. The quantitative estimate of drug-likeness (QED) is 0.820. The van der Waals surface area contributed by atoms with Crippen molar-refractivity contribution in [2.45, 2.75) is 32.7 Å². The van der Waals surface area contributed by atoms with Crippen LogP contribution < -0.4 is 14.8 Å². The van der Waals surface area contributed by atoms with E-state index in [1.807, 2.05) is 12.1 Å². The molecule has 6 nitrogen and oxygen atoms in total. The first-order chi connectivity index (χ1) is 12.2. The Morgan fingerprint density at radius 1 is 1.16 bits per heavy atom. The van der Waals surface area contributed by atoms with Crippen molar-refractivity contribution >= 4 is 5.91 Å². The van der Waals surface area contributed by atoms with Gasteiger partial charge < -0.3 is 19.5 Å². The predicted molar refractivity (Wildman–Crippen MR) is 94.8 cm³/mol. The van der Waals surface area contributed by atoms with Gasteiger partial charge in [-0.25, -0.2) is 0 Å². The third-order valence-corrected chi connectivity index (χ3v) is 5.09. The Balaban J connectivity index is 1.74. The average Bonchev–Trinajstić information content (AvgIpc) is 3.12. The van der Waals surface area contributed by atoms with E-state index in [1.54, 1.807) is 0 Å². The number of hydrogen-bond acceptors (Lipinski definition) is 5. The van der Waals surface area contributed by atoms with Gasteiger partial charge in [-0.05, 0) is 30.5 Å². The lowest BCUT2D eigenvalue weighted by atomic mass is 10.0. The van der Waals surface area contributed by atoms with Crippen molar-refractivity contribution in [1.29, 1.82) is 0 Å². The summed E-state index contributed by atoms with van der Waals surface area (Å²) in [5.74, 6) is 1.79. The Morgan fingerprint density at radius 2 is 1.88 bits per heavy atom. The molecule has 1 amide bonds. The molecule has 0 bridgehead atoms. The van der Waals surface area contributed by atoms with Crippen LogP contribution in [0.3, 0.4) is 0 Å². The van der Waals surface area contributed by atoms with Gasteiger partial charge in [0.2, 0.25) is 12.7 Å². The molecule has 2 heterocycles. The van der Waals surface area contributed by atoms with E-state index in [9.17, 15) is 4.79 Å². The van der Waals surface area contributed by atoms with E-state index < -0.39 is 0 Å².